The zero-order valence-corrected chi connectivity index (χ0v) is 9.55. The van der Waals surface area contributed by atoms with Crippen LogP contribution in [-0.2, 0) is 4.79 Å². The molecular formula is C11H22N2O. The fraction of sp³-hybridized carbons (Fsp3) is 0.909. The standard InChI is InChI=1S/C11H22N2O/c1-9(7-10-5-4-6-10)12-8-11(14)13(2)3/h9-10,12H,4-8H2,1-3H3. The second-order valence-corrected chi connectivity index (χ2v) is 4.60. The SMILES string of the molecule is CC(CC1CCC1)NCC(=O)N(C)C. The van der Waals surface area contributed by atoms with Crippen molar-refractivity contribution in [2.45, 2.75) is 38.6 Å². The predicted octanol–water partition coefficient (Wildman–Crippen LogP) is 1.24. The van der Waals surface area contributed by atoms with E-state index >= 15 is 0 Å². The van der Waals surface area contributed by atoms with E-state index in [2.05, 4.69) is 12.2 Å². The predicted molar refractivity (Wildman–Crippen MR) is 58.1 cm³/mol. The smallest absolute Gasteiger partial charge is 0.236 e. The first-order chi connectivity index (χ1) is 6.59. The highest BCUT2D eigenvalue weighted by molar-refractivity contribution is 5.77. The Balaban J connectivity index is 2.07. The van der Waals surface area contributed by atoms with E-state index in [4.69, 9.17) is 0 Å². The number of hydrogen-bond donors (Lipinski definition) is 1. The van der Waals surface area contributed by atoms with E-state index < -0.39 is 0 Å². The molecular weight excluding hydrogens is 176 g/mol. The van der Waals surface area contributed by atoms with Crippen LogP contribution in [0.15, 0.2) is 0 Å². The van der Waals surface area contributed by atoms with Crippen LogP contribution in [0.2, 0.25) is 0 Å². The number of amides is 1. The molecule has 0 saturated heterocycles. The van der Waals surface area contributed by atoms with E-state index in [9.17, 15) is 4.79 Å². The molecule has 82 valence electrons. The summed E-state index contributed by atoms with van der Waals surface area (Å²) in [4.78, 5) is 12.9. The fourth-order valence-electron chi connectivity index (χ4n) is 1.73. The van der Waals surface area contributed by atoms with E-state index in [1.807, 2.05) is 0 Å². The van der Waals surface area contributed by atoms with Gasteiger partial charge in [-0.2, -0.15) is 0 Å². The van der Waals surface area contributed by atoms with Gasteiger partial charge in [-0.05, 0) is 19.3 Å². The average Bonchev–Trinajstić information content (AvgIpc) is 2.07. The lowest BCUT2D eigenvalue weighted by Crippen LogP contribution is -2.38. The first kappa shape index (κ1) is 11.5. The van der Waals surface area contributed by atoms with Crippen LogP contribution in [0.3, 0.4) is 0 Å². The molecule has 0 radical (unpaired) electrons. The largest absolute Gasteiger partial charge is 0.348 e. The Morgan fingerprint density at radius 2 is 2.14 bits per heavy atom. The molecule has 14 heavy (non-hydrogen) atoms. The van der Waals surface area contributed by atoms with Crippen LogP contribution in [0.25, 0.3) is 0 Å². The Bertz CT molecular complexity index is 188. The molecule has 1 aliphatic carbocycles. The molecule has 0 aromatic carbocycles. The maximum Gasteiger partial charge on any atom is 0.236 e. The lowest BCUT2D eigenvalue weighted by molar-refractivity contribution is -0.127. The molecule has 0 spiro atoms. The minimum absolute atomic E-state index is 0.158. The number of nitrogens with zero attached hydrogens (tertiary/aromatic N) is 1. The molecule has 1 atom stereocenters. The molecule has 1 unspecified atom stereocenters. The summed E-state index contributed by atoms with van der Waals surface area (Å²) in [6.07, 6.45) is 5.38. The molecule has 3 nitrogen and oxygen atoms in total. The third-order valence-corrected chi connectivity index (χ3v) is 3.01. The molecule has 0 aromatic heterocycles. The van der Waals surface area contributed by atoms with Crippen molar-refractivity contribution in [3.05, 3.63) is 0 Å². The summed E-state index contributed by atoms with van der Waals surface area (Å²) in [6, 6.07) is 0.476. The lowest BCUT2D eigenvalue weighted by atomic mass is 9.81. The van der Waals surface area contributed by atoms with Crippen molar-refractivity contribution >= 4 is 5.91 Å². The summed E-state index contributed by atoms with van der Waals surface area (Å²) >= 11 is 0. The average molecular weight is 198 g/mol. The molecule has 1 amide bonds. The van der Waals surface area contributed by atoms with Gasteiger partial charge in [0.15, 0.2) is 0 Å². The number of hydrogen-bond acceptors (Lipinski definition) is 2. The Labute approximate surface area is 86.9 Å². The maximum absolute atomic E-state index is 11.3. The second kappa shape index (κ2) is 5.35. The summed E-state index contributed by atoms with van der Waals surface area (Å²) in [7, 11) is 3.58. The van der Waals surface area contributed by atoms with Crippen molar-refractivity contribution in [2.75, 3.05) is 20.6 Å². The van der Waals surface area contributed by atoms with Gasteiger partial charge in [0.25, 0.3) is 0 Å². The summed E-state index contributed by atoms with van der Waals surface area (Å²) in [5.41, 5.74) is 0. The summed E-state index contributed by atoms with van der Waals surface area (Å²) in [6.45, 7) is 2.64. The molecule has 0 aliphatic heterocycles. The van der Waals surface area contributed by atoms with Gasteiger partial charge in [0, 0.05) is 20.1 Å². The minimum Gasteiger partial charge on any atom is -0.348 e. The molecule has 1 saturated carbocycles. The van der Waals surface area contributed by atoms with Gasteiger partial charge in [-0.15, -0.1) is 0 Å². The summed E-state index contributed by atoms with van der Waals surface area (Å²) in [5.74, 6) is 1.07. The number of carbonyl (C=O) groups is 1. The van der Waals surface area contributed by atoms with Gasteiger partial charge in [0.1, 0.15) is 0 Å². The molecule has 1 aliphatic rings. The van der Waals surface area contributed by atoms with E-state index in [0.717, 1.165) is 5.92 Å². The van der Waals surface area contributed by atoms with Crippen LogP contribution >= 0.6 is 0 Å². The van der Waals surface area contributed by atoms with Crippen molar-refractivity contribution in [3.8, 4) is 0 Å². The Hall–Kier alpha value is -0.570. The van der Waals surface area contributed by atoms with Gasteiger partial charge < -0.3 is 10.2 Å². The summed E-state index contributed by atoms with van der Waals surface area (Å²) < 4.78 is 0. The van der Waals surface area contributed by atoms with Gasteiger partial charge in [-0.1, -0.05) is 19.3 Å². The first-order valence-electron chi connectivity index (χ1n) is 5.53. The molecule has 0 bridgehead atoms. The van der Waals surface area contributed by atoms with E-state index in [-0.39, 0.29) is 5.91 Å². The van der Waals surface area contributed by atoms with Gasteiger partial charge in [-0.3, -0.25) is 4.79 Å². The highest BCUT2D eigenvalue weighted by Crippen LogP contribution is 2.30. The van der Waals surface area contributed by atoms with Crippen molar-refractivity contribution < 1.29 is 4.79 Å². The first-order valence-corrected chi connectivity index (χ1v) is 5.53. The molecule has 1 rings (SSSR count). The molecule has 3 heteroatoms. The van der Waals surface area contributed by atoms with Gasteiger partial charge in [0.05, 0.1) is 6.54 Å². The summed E-state index contributed by atoms with van der Waals surface area (Å²) in [5, 5.41) is 3.27. The quantitative estimate of drug-likeness (QED) is 0.721. The number of likely N-dealkylation sites (N-methyl/N-ethyl adjacent to an activating group) is 1. The zero-order chi connectivity index (χ0) is 10.6. The van der Waals surface area contributed by atoms with Crippen LogP contribution in [0.4, 0.5) is 0 Å². The van der Waals surface area contributed by atoms with E-state index in [1.165, 1.54) is 25.7 Å². The molecule has 0 heterocycles. The third-order valence-electron chi connectivity index (χ3n) is 3.01. The van der Waals surface area contributed by atoms with Crippen LogP contribution in [0.5, 0.6) is 0 Å². The molecule has 0 aromatic rings. The number of nitrogens with one attached hydrogen (secondary N) is 1. The topological polar surface area (TPSA) is 32.3 Å². The number of carbonyl (C=O) groups excluding carboxylic acids is 1. The van der Waals surface area contributed by atoms with Crippen LogP contribution in [-0.4, -0.2) is 37.5 Å². The fourth-order valence-corrected chi connectivity index (χ4v) is 1.73. The Morgan fingerprint density at radius 1 is 1.50 bits per heavy atom. The second-order valence-electron chi connectivity index (χ2n) is 4.60. The van der Waals surface area contributed by atoms with Crippen LogP contribution < -0.4 is 5.32 Å². The number of rotatable bonds is 5. The monoisotopic (exact) mass is 198 g/mol. The minimum atomic E-state index is 0.158. The Kier molecular flexibility index (Phi) is 4.39. The lowest BCUT2D eigenvalue weighted by Gasteiger charge is -2.28. The zero-order valence-electron chi connectivity index (χ0n) is 9.55. The van der Waals surface area contributed by atoms with Gasteiger partial charge in [-0.25, -0.2) is 0 Å². The molecule has 1 N–H and O–H groups in total. The maximum atomic E-state index is 11.3. The van der Waals surface area contributed by atoms with E-state index in [1.54, 1.807) is 19.0 Å². The highest BCUT2D eigenvalue weighted by Gasteiger charge is 2.19. The third kappa shape index (κ3) is 3.66. The van der Waals surface area contributed by atoms with Gasteiger partial charge >= 0.3 is 0 Å². The van der Waals surface area contributed by atoms with Crippen molar-refractivity contribution in [1.29, 1.82) is 0 Å². The van der Waals surface area contributed by atoms with Crippen LogP contribution in [0.1, 0.15) is 32.6 Å². The molecule has 1 fully saturated rings. The normalized spacial score (nSPS) is 18.8. The van der Waals surface area contributed by atoms with Crippen molar-refractivity contribution in [1.82, 2.24) is 10.2 Å². The van der Waals surface area contributed by atoms with Crippen molar-refractivity contribution in [3.63, 3.8) is 0 Å². The van der Waals surface area contributed by atoms with E-state index in [0.29, 0.717) is 12.6 Å². The Morgan fingerprint density at radius 3 is 2.57 bits per heavy atom. The van der Waals surface area contributed by atoms with Crippen LogP contribution in [0, 0.1) is 5.92 Å². The van der Waals surface area contributed by atoms with Gasteiger partial charge in [0.2, 0.25) is 5.91 Å². The highest BCUT2D eigenvalue weighted by atomic mass is 16.2. The van der Waals surface area contributed by atoms with Crippen molar-refractivity contribution in [2.24, 2.45) is 5.92 Å².